The maximum atomic E-state index is 12.7. The van der Waals surface area contributed by atoms with Crippen molar-refractivity contribution in [2.45, 2.75) is 32.4 Å². The van der Waals surface area contributed by atoms with E-state index in [1.165, 1.54) is 15.6 Å². The van der Waals surface area contributed by atoms with E-state index in [0.29, 0.717) is 43.9 Å². The standard InChI is InChI=1S/C17H23N3O4S2/c1-3-24-12-11-19-13-7-4-5-9-15(13)25-17(19)18-16(21)14-8-6-10-20(14)26(2,22)23/h4-5,7,9,14H,3,6,8,10-12H2,1-2H3. The minimum atomic E-state index is -3.41. The largest absolute Gasteiger partial charge is 0.380 e. The summed E-state index contributed by atoms with van der Waals surface area (Å²) in [7, 11) is -3.41. The summed E-state index contributed by atoms with van der Waals surface area (Å²) in [5.41, 5.74) is 0.996. The number of fused-ring (bicyclic) bond motifs is 1. The zero-order chi connectivity index (χ0) is 18.7. The predicted molar refractivity (Wildman–Crippen MR) is 101 cm³/mol. The van der Waals surface area contributed by atoms with Crippen molar-refractivity contribution in [2.24, 2.45) is 4.99 Å². The van der Waals surface area contributed by atoms with Gasteiger partial charge in [-0.2, -0.15) is 9.30 Å². The first-order valence-corrected chi connectivity index (χ1v) is 11.3. The molecule has 0 spiro atoms. The molecule has 1 saturated heterocycles. The van der Waals surface area contributed by atoms with Gasteiger partial charge in [0.2, 0.25) is 10.0 Å². The van der Waals surface area contributed by atoms with Crippen molar-refractivity contribution in [1.29, 1.82) is 0 Å². The molecule has 1 atom stereocenters. The summed E-state index contributed by atoms with van der Waals surface area (Å²) >= 11 is 1.43. The van der Waals surface area contributed by atoms with Gasteiger partial charge in [0.05, 0.1) is 23.1 Å². The van der Waals surface area contributed by atoms with Crippen molar-refractivity contribution >= 4 is 37.5 Å². The highest BCUT2D eigenvalue weighted by molar-refractivity contribution is 7.88. The molecule has 0 aliphatic carbocycles. The molecule has 1 aliphatic rings. The van der Waals surface area contributed by atoms with E-state index in [2.05, 4.69) is 4.99 Å². The summed E-state index contributed by atoms with van der Waals surface area (Å²) in [6.45, 7) is 4.05. The number of carbonyl (C=O) groups excluding carboxylic acids is 1. The van der Waals surface area contributed by atoms with Crippen molar-refractivity contribution in [1.82, 2.24) is 8.87 Å². The van der Waals surface area contributed by atoms with Gasteiger partial charge in [-0.05, 0) is 31.9 Å². The third kappa shape index (κ3) is 4.06. The average Bonchev–Trinajstić information content (AvgIpc) is 3.20. The molecule has 9 heteroatoms. The molecule has 0 radical (unpaired) electrons. The molecule has 1 fully saturated rings. The van der Waals surface area contributed by atoms with E-state index < -0.39 is 22.0 Å². The minimum absolute atomic E-state index is 0.377. The summed E-state index contributed by atoms with van der Waals surface area (Å²) in [4.78, 5) is 17.6. The molecule has 0 saturated carbocycles. The molecule has 1 unspecified atom stereocenters. The molecule has 1 aromatic heterocycles. The maximum absolute atomic E-state index is 12.7. The first-order chi connectivity index (χ1) is 12.4. The molecule has 7 nitrogen and oxygen atoms in total. The second-order valence-corrected chi connectivity index (χ2v) is 9.13. The Kier molecular flexibility index (Phi) is 5.91. The van der Waals surface area contributed by atoms with Gasteiger partial charge in [0.25, 0.3) is 5.91 Å². The Labute approximate surface area is 157 Å². The van der Waals surface area contributed by atoms with Crippen LogP contribution in [0.1, 0.15) is 19.8 Å². The van der Waals surface area contributed by atoms with Crippen LogP contribution in [0.3, 0.4) is 0 Å². The molecule has 3 rings (SSSR count). The fraction of sp³-hybridized carbons (Fsp3) is 0.529. The lowest BCUT2D eigenvalue weighted by Crippen LogP contribution is -2.40. The van der Waals surface area contributed by atoms with Gasteiger partial charge in [0.15, 0.2) is 4.80 Å². The van der Waals surface area contributed by atoms with Crippen LogP contribution < -0.4 is 4.80 Å². The number of thiazole rings is 1. The number of aromatic nitrogens is 1. The van der Waals surface area contributed by atoms with Crippen LogP contribution in [0.2, 0.25) is 0 Å². The Balaban J connectivity index is 1.98. The van der Waals surface area contributed by atoms with Crippen LogP contribution in [0.5, 0.6) is 0 Å². The van der Waals surface area contributed by atoms with Gasteiger partial charge in [-0.15, -0.1) is 0 Å². The van der Waals surface area contributed by atoms with Gasteiger partial charge in [-0.25, -0.2) is 8.42 Å². The summed E-state index contributed by atoms with van der Waals surface area (Å²) in [5.74, 6) is -0.398. The van der Waals surface area contributed by atoms with Crippen molar-refractivity contribution in [3.8, 4) is 0 Å². The lowest BCUT2D eigenvalue weighted by Gasteiger charge is -2.18. The summed E-state index contributed by atoms with van der Waals surface area (Å²) in [5, 5.41) is 0. The quantitative estimate of drug-likeness (QED) is 0.693. The van der Waals surface area contributed by atoms with Crippen LogP contribution in [0.15, 0.2) is 29.3 Å². The van der Waals surface area contributed by atoms with Crippen LogP contribution in [0.4, 0.5) is 0 Å². The van der Waals surface area contributed by atoms with Crippen molar-refractivity contribution in [3.05, 3.63) is 29.1 Å². The van der Waals surface area contributed by atoms with Crippen molar-refractivity contribution < 1.29 is 17.9 Å². The molecular weight excluding hydrogens is 374 g/mol. The van der Waals surface area contributed by atoms with Crippen LogP contribution in [-0.4, -0.2) is 55.3 Å². The number of hydrogen-bond donors (Lipinski definition) is 0. The van der Waals surface area contributed by atoms with Crippen LogP contribution in [-0.2, 0) is 26.1 Å². The number of amides is 1. The lowest BCUT2D eigenvalue weighted by molar-refractivity contribution is -0.121. The third-order valence-corrected chi connectivity index (χ3v) is 6.72. The number of rotatable bonds is 6. The molecule has 1 aromatic carbocycles. The Hall–Kier alpha value is -1.55. The monoisotopic (exact) mass is 397 g/mol. The first-order valence-electron chi connectivity index (χ1n) is 8.63. The second kappa shape index (κ2) is 7.99. The SMILES string of the molecule is CCOCCn1c(=NC(=O)C2CCCN2S(C)(=O)=O)sc2ccccc21. The number of para-hydroxylation sites is 1. The highest BCUT2D eigenvalue weighted by Gasteiger charge is 2.36. The van der Waals surface area contributed by atoms with E-state index in [4.69, 9.17) is 4.74 Å². The summed E-state index contributed by atoms with van der Waals surface area (Å²) in [6.07, 6.45) is 2.33. The molecule has 0 N–H and O–H groups in total. The number of benzene rings is 1. The van der Waals surface area contributed by atoms with Gasteiger partial charge >= 0.3 is 0 Å². The Morgan fingerprint density at radius 3 is 2.88 bits per heavy atom. The van der Waals surface area contributed by atoms with Crippen molar-refractivity contribution in [3.63, 3.8) is 0 Å². The van der Waals surface area contributed by atoms with E-state index in [-0.39, 0.29) is 0 Å². The summed E-state index contributed by atoms with van der Waals surface area (Å²) in [6, 6.07) is 7.16. The second-order valence-electron chi connectivity index (χ2n) is 6.18. The van der Waals surface area contributed by atoms with Crippen LogP contribution >= 0.6 is 11.3 Å². The van der Waals surface area contributed by atoms with Crippen molar-refractivity contribution in [2.75, 3.05) is 26.0 Å². The van der Waals surface area contributed by atoms with Gasteiger partial charge < -0.3 is 9.30 Å². The zero-order valence-electron chi connectivity index (χ0n) is 14.9. The zero-order valence-corrected chi connectivity index (χ0v) is 16.6. The molecular formula is C17H23N3O4S2. The molecule has 2 heterocycles. The minimum Gasteiger partial charge on any atom is -0.380 e. The molecule has 26 heavy (non-hydrogen) atoms. The normalized spacial score (nSPS) is 19.5. The number of sulfonamides is 1. The van der Waals surface area contributed by atoms with Gasteiger partial charge in [0.1, 0.15) is 6.04 Å². The topological polar surface area (TPSA) is 81.0 Å². The van der Waals surface area contributed by atoms with Gasteiger partial charge in [0, 0.05) is 19.7 Å². The smallest absolute Gasteiger partial charge is 0.266 e. The van der Waals surface area contributed by atoms with Gasteiger partial charge in [-0.3, -0.25) is 4.79 Å². The molecule has 2 aromatic rings. The van der Waals surface area contributed by atoms with E-state index in [1.807, 2.05) is 35.8 Å². The predicted octanol–water partition coefficient (Wildman–Crippen LogP) is 1.59. The van der Waals surface area contributed by atoms with E-state index >= 15 is 0 Å². The number of ether oxygens (including phenoxy) is 1. The first kappa shape index (κ1) is 19.2. The fourth-order valence-electron chi connectivity index (χ4n) is 3.18. The molecule has 142 valence electrons. The average molecular weight is 398 g/mol. The third-order valence-electron chi connectivity index (χ3n) is 4.37. The Bertz CT molecular complexity index is 962. The fourth-order valence-corrected chi connectivity index (χ4v) is 5.36. The van der Waals surface area contributed by atoms with E-state index in [0.717, 1.165) is 16.5 Å². The van der Waals surface area contributed by atoms with E-state index in [9.17, 15) is 13.2 Å². The summed E-state index contributed by atoms with van der Waals surface area (Å²) < 4.78 is 33.5. The lowest BCUT2D eigenvalue weighted by atomic mass is 10.2. The Morgan fingerprint density at radius 1 is 1.38 bits per heavy atom. The molecule has 0 bridgehead atoms. The molecule has 1 aliphatic heterocycles. The highest BCUT2D eigenvalue weighted by atomic mass is 32.2. The Morgan fingerprint density at radius 2 is 2.15 bits per heavy atom. The number of carbonyl (C=O) groups is 1. The van der Waals surface area contributed by atoms with Gasteiger partial charge in [-0.1, -0.05) is 23.5 Å². The maximum Gasteiger partial charge on any atom is 0.266 e. The molecule has 1 amide bonds. The van der Waals surface area contributed by atoms with E-state index in [1.54, 1.807) is 0 Å². The number of hydrogen-bond acceptors (Lipinski definition) is 5. The number of nitrogens with zero attached hydrogens (tertiary/aromatic N) is 3. The van der Waals surface area contributed by atoms with Crippen LogP contribution in [0.25, 0.3) is 10.2 Å². The highest BCUT2D eigenvalue weighted by Crippen LogP contribution is 2.22. The van der Waals surface area contributed by atoms with Crippen LogP contribution in [0, 0.1) is 0 Å².